The molecule has 0 saturated carbocycles. The predicted molar refractivity (Wildman–Crippen MR) is 84.6 cm³/mol. The minimum atomic E-state index is 0.945. The maximum Gasteiger partial charge on any atom is 0.137 e. The van der Waals surface area contributed by atoms with Gasteiger partial charge in [-0.2, -0.15) is 0 Å². The van der Waals surface area contributed by atoms with Crippen molar-refractivity contribution in [3.8, 4) is 0 Å². The van der Waals surface area contributed by atoms with Crippen LogP contribution < -0.4 is 15.5 Å². The van der Waals surface area contributed by atoms with Crippen molar-refractivity contribution < 1.29 is 0 Å². The molecule has 2 heterocycles. The molecule has 0 unspecified atom stereocenters. The fraction of sp³-hybridized carbons (Fsp3) is 0.733. The Bertz CT molecular complexity index is 427. The first kappa shape index (κ1) is 15.0. The van der Waals surface area contributed by atoms with Crippen molar-refractivity contribution in [2.24, 2.45) is 0 Å². The van der Waals surface area contributed by atoms with Gasteiger partial charge in [0.15, 0.2) is 0 Å². The zero-order chi connectivity index (χ0) is 14.4. The second-order valence-electron chi connectivity index (χ2n) is 5.35. The van der Waals surface area contributed by atoms with Crippen LogP contribution >= 0.6 is 0 Å². The Morgan fingerprint density at radius 2 is 1.90 bits per heavy atom. The van der Waals surface area contributed by atoms with E-state index in [2.05, 4.69) is 36.3 Å². The maximum atomic E-state index is 4.80. The molecule has 1 aliphatic heterocycles. The van der Waals surface area contributed by atoms with Crippen molar-refractivity contribution in [2.75, 3.05) is 42.9 Å². The Hall–Kier alpha value is -1.36. The molecule has 5 nitrogen and oxygen atoms in total. The summed E-state index contributed by atoms with van der Waals surface area (Å²) in [6.45, 7) is 11.6. The van der Waals surface area contributed by atoms with Crippen molar-refractivity contribution in [3.05, 3.63) is 11.4 Å². The molecule has 1 aromatic heterocycles. The van der Waals surface area contributed by atoms with Crippen LogP contribution in [-0.2, 0) is 6.42 Å². The summed E-state index contributed by atoms with van der Waals surface area (Å²) in [6.07, 6.45) is 3.13. The highest BCUT2D eigenvalue weighted by Gasteiger charge is 2.18. The molecule has 112 valence electrons. The highest BCUT2D eigenvalue weighted by atomic mass is 15.2. The van der Waals surface area contributed by atoms with Crippen LogP contribution in [0.15, 0.2) is 0 Å². The maximum absolute atomic E-state index is 4.80. The molecule has 0 aromatic carbocycles. The molecular formula is C15H27N5. The minimum Gasteiger partial charge on any atom is -0.370 e. The summed E-state index contributed by atoms with van der Waals surface area (Å²) in [5, 5.41) is 6.84. The Morgan fingerprint density at radius 1 is 1.15 bits per heavy atom. The fourth-order valence-electron chi connectivity index (χ4n) is 2.49. The van der Waals surface area contributed by atoms with Gasteiger partial charge in [0, 0.05) is 44.7 Å². The molecular weight excluding hydrogens is 250 g/mol. The lowest BCUT2D eigenvalue weighted by atomic mass is 10.2. The molecule has 2 rings (SSSR count). The Labute approximate surface area is 122 Å². The molecule has 1 saturated heterocycles. The third kappa shape index (κ3) is 3.60. The van der Waals surface area contributed by atoms with Crippen molar-refractivity contribution in [1.29, 1.82) is 0 Å². The van der Waals surface area contributed by atoms with Gasteiger partial charge in [-0.3, -0.25) is 0 Å². The number of piperazine rings is 1. The summed E-state index contributed by atoms with van der Waals surface area (Å²) in [4.78, 5) is 11.9. The fourth-order valence-corrected chi connectivity index (χ4v) is 2.49. The number of aromatic nitrogens is 2. The van der Waals surface area contributed by atoms with Gasteiger partial charge in [-0.25, -0.2) is 9.97 Å². The monoisotopic (exact) mass is 277 g/mol. The molecule has 1 aliphatic rings. The summed E-state index contributed by atoms with van der Waals surface area (Å²) >= 11 is 0. The molecule has 0 radical (unpaired) electrons. The van der Waals surface area contributed by atoms with Crippen LogP contribution in [0.2, 0.25) is 0 Å². The quantitative estimate of drug-likeness (QED) is 0.832. The molecule has 0 amide bonds. The van der Waals surface area contributed by atoms with Gasteiger partial charge in [-0.15, -0.1) is 0 Å². The predicted octanol–water partition coefficient (Wildman–Crippen LogP) is 1.97. The first-order valence-corrected chi connectivity index (χ1v) is 7.83. The number of aryl methyl sites for hydroxylation is 1. The number of nitrogens with one attached hydrogen (secondary N) is 2. The molecule has 1 aromatic rings. The highest BCUT2D eigenvalue weighted by molar-refractivity contribution is 5.59. The van der Waals surface area contributed by atoms with Gasteiger partial charge in [0.05, 0.1) is 0 Å². The second kappa shape index (κ2) is 7.43. The van der Waals surface area contributed by atoms with Crippen LogP contribution in [0.1, 0.15) is 38.1 Å². The number of hydrogen-bond acceptors (Lipinski definition) is 5. The zero-order valence-corrected chi connectivity index (χ0v) is 13.0. The Kier molecular flexibility index (Phi) is 5.59. The lowest BCUT2D eigenvalue weighted by Crippen LogP contribution is -2.44. The number of anilines is 2. The van der Waals surface area contributed by atoms with E-state index < -0.39 is 0 Å². The van der Waals surface area contributed by atoms with Crippen LogP contribution in [0, 0.1) is 6.92 Å². The van der Waals surface area contributed by atoms with Crippen LogP contribution in [0.5, 0.6) is 0 Å². The van der Waals surface area contributed by atoms with E-state index in [1.165, 1.54) is 5.56 Å². The number of nitrogens with zero attached hydrogens (tertiary/aromatic N) is 3. The third-order valence-corrected chi connectivity index (χ3v) is 3.60. The largest absolute Gasteiger partial charge is 0.370 e. The molecule has 1 fully saturated rings. The average Bonchev–Trinajstić information content (AvgIpc) is 2.48. The average molecular weight is 277 g/mol. The van der Waals surface area contributed by atoms with E-state index in [1.807, 2.05) is 0 Å². The van der Waals surface area contributed by atoms with E-state index in [4.69, 9.17) is 9.97 Å². The summed E-state index contributed by atoms with van der Waals surface area (Å²) in [6, 6.07) is 0. The Balaban J connectivity index is 2.29. The minimum absolute atomic E-state index is 0.945. The summed E-state index contributed by atoms with van der Waals surface area (Å²) < 4.78 is 0. The summed E-state index contributed by atoms with van der Waals surface area (Å²) in [5.74, 6) is 3.09. The van der Waals surface area contributed by atoms with Gasteiger partial charge >= 0.3 is 0 Å². The van der Waals surface area contributed by atoms with Gasteiger partial charge in [-0.05, 0) is 19.8 Å². The normalized spacial score (nSPS) is 15.4. The Morgan fingerprint density at radius 3 is 2.55 bits per heavy atom. The molecule has 2 N–H and O–H groups in total. The number of hydrogen-bond donors (Lipinski definition) is 2. The van der Waals surface area contributed by atoms with Crippen molar-refractivity contribution in [3.63, 3.8) is 0 Å². The van der Waals surface area contributed by atoms with Crippen molar-refractivity contribution in [1.82, 2.24) is 15.3 Å². The topological polar surface area (TPSA) is 53.1 Å². The van der Waals surface area contributed by atoms with Gasteiger partial charge in [0.25, 0.3) is 0 Å². The van der Waals surface area contributed by atoms with Crippen LogP contribution in [-0.4, -0.2) is 42.7 Å². The van der Waals surface area contributed by atoms with E-state index in [1.54, 1.807) is 0 Å². The van der Waals surface area contributed by atoms with Gasteiger partial charge in [-0.1, -0.05) is 13.8 Å². The summed E-state index contributed by atoms with van der Waals surface area (Å²) in [5.41, 5.74) is 1.18. The lowest BCUT2D eigenvalue weighted by Gasteiger charge is -2.30. The smallest absolute Gasteiger partial charge is 0.137 e. The number of rotatable bonds is 6. The molecule has 0 bridgehead atoms. The van der Waals surface area contributed by atoms with E-state index in [0.29, 0.717) is 0 Å². The summed E-state index contributed by atoms with van der Waals surface area (Å²) in [7, 11) is 0. The first-order chi connectivity index (χ1) is 9.76. The van der Waals surface area contributed by atoms with E-state index in [-0.39, 0.29) is 0 Å². The molecule has 0 aliphatic carbocycles. The first-order valence-electron chi connectivity index (χ1n) is 7.83. The highest BCUT2D eigenvalue weighted by Crippen LogP contribution is 2.24. The standard InChI is InChI=1S/C15H27N5/c1-4-6-13-18-14(17-7-5-2)12(3)15(19-13)20-10-8-16-9-11-20/h16H,4-11H2,1-3H3,(H,17,18,19). The van der Waals surface area contributed by atoms with Crippen molar-refractivity contribution >= 4 is 11.6 Å². The lowest BCUT2D eigenvalue weighted by molar-refractivity contribution is 0.582. The van der Waals surface area contributed by atoms with Gasteiger partial charge < -0.3 is 15.5 Å². The second-order valence-corrected chi connectivity index (χ2v) is 5.35. The van der Waals surface area contributed by atoms with Crippen LogP contribution in [0.3, 0.4) is 0 Å². The van der Waals surface area contributed by atoms with E-state index >= 15 is 0 Å². The SMILES string of the molecule is CCCNc1nc(CCC)nc(N2CCNCC2)c1C. The molecule has 0 spiro atoms. The molecule has 5 heteroatoms. The molecule has 0 atom stereocenters. The van der Waals surface area contributed by atoms with E-state index in [0.717, 1.165) is 69.4 Å². The van der Waals surface area contributed by atoms with Crippen LogP contribution in [0.4, 0.5) is 11.6 Å². The molecule has 20 heavy (non-hydrogen) atoms. The third-order valence-electron chi connectivity index (χ3n) is 3.60. The van der Waals surface area contributed by atoms with Crippen LogP contribution in [0.25, 0.3) is 0 Å². The zero-order valence-electron chi connectivity index (χ0n) is 13.0. The van der Waals surface area contributed by atoms with Crippen molar-refractivity contribution in [2.45, 2.75) is 40.0 Å². The van der Waals surface area contributed by atoms with E-state index in [9.17, 15) is 0 Å². The van der Waals surface area contributed by atoms with Gasteiger partial charge in [0.1, 0.15) is 17.5 Å². The van der Waals surface area contributed by atoms with Gasteiger partial charge in [0.2, 0.25) is 0 Å².